The van der Waals surface area contributed by atoms with Gasteiger partial charge in [-0.25, -0.2) is 0 Å². The SMILES string of the molecule is CCc1c(C(C)(C)N)ccc2c1OCO2. The standard InChI is InChI=1S/C12H17NO2/c1-4-8-9(12(2,3)13)5-6-10-11(8)15-7-14-10/h5-6H,4,7,13H2,1-3H3. The molecule has 0 amide bonds. The normalized spacial score (nSPS) is 14.4. The van der Waals surface area contributed by atoms with Crippen LogP contribution in [0.4, 0.5) is 0 Å². The number of hydrogen-bond donors (Lipinski definition) is 1. The largest absolute Gasteiger partial charge is 0.454 e. The molecule has 0 atom stereocenters. The van der Waals surface area contributed by atoms with Crippen molar-refractivity contribution in [2.45, 2.75) is 32.7 Å². The van der Waals surface area contributed by atoms with E-state index in [2.05, 4.69) is 6.92 Å². The van der Waals surface area contributed by atoms with Crippen LogP contribution in [0, 0.1) is 0 Å². The molecule has 1 aliphatic heterocycles. The van der Waals surface area contributed by atoms with Gasteiger partial charge in [0, 0.05) is 11.1 Å². The first-order valence-corrected chi connectivity index (χ1v) is 5.25. The van der Waals surface area contributed by atoms with Gasteiger partial charge in [-0.2, -0.15) is 0 Å². The lowest BCUT2D eigenvalue weighted by Gasteiger charge is -2.23. The van der Waals surface area contributed by atoms with Crippen molar-refractivity contribution in [1.82, 2.24) is 0 Å². The molecule has 3 heteroatoms. The summed E-state index contributed by atoms with van der Waals surface area (Å²) in [5.41, 5.74) is 8.09. The molecule has 0 aliphatic carbocycles. The Hall–Kier alpha value is -1.22. The smallest absolute Gasteiger partial charge is 0.231 e. The fraction of sp³-hybridized carbons (Fsp3) is 0.500. The zero-order chi connectivity index (χ0) is 11.1. The van der Waals surface area contributed by atoms with Crippen molar-refractivity contribution in [1.29, 1.82) is 0 Å². The molecule has 1 aromatic carbocycles. The van der Waals surface area contributed by atoms with Gasteiger partial charge < -0.3 is 15.2 Å². The van der Waals surface area contributed by atoms with E-state index in [4.69, 9.17) is 15.2 Å². The molecular formula is C12H17NO2. The van der Waals surface area contributed by atoms with Gasteiger partial charge in [-0.3, -0.25) is 0 Å². The summed E-state index contributed by atoms with van der Waals surface area (Å²) in [5, 5.41) is 0. The quantitative estimate of drug-likeness (QED) is 0.808. The predicted molar refractivity (Wildman–Crippen MR) is 59.2 cm³/mol. The summed E-state index contributed by atoms with van der Waals surface area (Å²) in [6.07, 6.45) is 0.905. The summed E-state index contributed by atoms with van der Waals surface area (Å²) in [7, 11) is 0. The molecule has 15 heavy (non-hydrogen) atoms. The van der Waals surface area contributed by atoms with Crippen molar-refractivity contribution in [3.05, 3.63) is 23.3 Å². The van der Waals surface area contributed by atoms with E-state index in [1.807, 2.05) is 26.0 Å². The molecule has 82 valence electrons. The second kappa shape index (κ2) is 3.42. The third kappa shape index (κ3) is 1.67. The maximum absolute atomic E-state index is 6.13. The second-order valence-electron chi connectivity index (χ2n) is 4.40. The van der Waals surface area contributed by atoms with Crippen LogP contribution in [0.1, 0.15) is 31.9 Å². The van der Waals surface area contributed by atoms with Crippen molar-refractivity contribution in [3.8, 4) is 11.5 Å². The first-order chi connectivity index (χ1) is 7.04. The lowest BCUT2D eigenvalue weighted by atomic mass is 9.89. The van der Waals surface area contributed by atoms with Crippen LogP contribution in [0.2, 0.25) is 0 Å². The fourth-order valence-corrected chi connectivity index (χ4v) is 1.98. The third-order valence-electron chi connectivity index (χ3n) is 2.69. The average molecular weight is 207 g/mol. The highest BCUT2D eigenvalue weighted by Crippen LogP contribution is 2.40. The molecule has 1 aliphatic rings. The lowest BCUT2D eigenvalue weighted by Crippen LogP contribution is -2.30. The van der Waals surface area contributed by atoms with E-state index in [1.165, 1.54) is 0 Å². The van der Waals surface area contributed by atoms with Crippen molar-refractivity contribution >= 4 is 0 Å². The molecular weight excluding hydrogens is 190 g/mol. The number of benzene rings is 1. The van der Waals surface area contributed by atoms with Crippen LogP contribution in [0.5, 0.6) is 11.5 Å². The fourth-order valence-electron chi connectivity index (χ4n) is 1.98. The van der Waals surface area contributed by atoms with Gasteiger partial charge in [0.15, 0.2) is 11.5 Å². The molecule has 1 heterocycles. The Morgan fingerprint density at radius 1 is 1.33 bits per heavy atom. The van der Waals surface area contributed by atoms with E-state index in [9.17, 15) is 0 Å². The first kappa shape index (κ1) is 10.3. The Morgan fingerprint density at radius 2 is 2.07 bits per heavy atom. The molecule has 0 bridgehead atoms. The van der Waals surface area contributed by atoms with Gasteiger partial charge in [-0.15, -0.1) is 0 Å². The molecule has 2 N–H and O–H groups in total. The van der Waals surface area contributed by atoms with Gasteiger partial charge in [-0.05, 0) is 31.9 Å². The summed E-state index contributed by atoms with van der Waals surface area (Å²) < 4.78 is 10.8. The Labute approximate surface area is 90.2 Å². The van der Waals surface area contributed by atoms with E-state index >= 15 is 0 Å². The topological polar surface area (TPSA) is 44.5 Å². The third-order valence-corrected chi connectivity index (χ3v) is 2.69. The van der Waals surface area contributed by atoms with Gasteiger partial charge >= 0.3 is 0 Å². The van der Waals surface area contributed by atoms with Gasteiger partial charge in [-0.1, -0.05) is 13.0 Å². The zero-order valence-electron chi connectivity index (χ0n) is 9.46. The minimum atomic E-state index is -0.341. The molecule has 0 radical (unpaired) electrons. The maximum atomic E-state index is 6.13. The lowest BCUT2D eigenvalue weighted by molar-refractivity contribution is 0.173. The van der Waals surface area contributed by atoms with Crippen LogP contribution in [0.3, 0.4) is 0 Å². The predicted octanol–water partition coefficient (Wildman–Crippen LogP) is 2.17. The molecule has 0 aromatic heterocycles. The Balaban J connectivity index is 2.58. The maximum Gasteiger partial charge on any atom is 0.231 e. The Bertz CT molecular complexity index is 380. The van der Waals surface area contributed by atoms with Crippen LogP contribution in [-0.2, 0) is 12.0 Å². The number of nitrogens with two attached hydrogens (primary N) is 1. The van der Waals surface area contributed by atoms with E-state index in [-0.39, 0.29) is 5.54 Å². The van der Waals surface area contributed by atoms with Crippen LogP contribution < -0.4 is 15.2 Å². The number of ether oxygens (including phenoxy) is 2. The number of hydrogen-bond acceptors (Lipinski definition) is 3. The monoisotopic (exact) mass is 207 g/mol. The molecule has 1 aromatic rings. The van der Waals surface area contributed by atoms with Crippen molar-refractivity contribution < 1.29 is 9.47 Å². The van der Waals surface area contributed by atoms with Crippen LogP contribution in [0.15, 0.2) is 12.1 Å². The highest BCUT2D eigenvalue weighted by molar-refractivity contribution is 5.53. The van der Waals surface area contributed by atoms with Crippen molar-refractivity contribution in [2.24, 2.45) is 5.73 Å². The van der Waals surface area contributed by atoms with E-state index in [0.29, 0.717) is 6.79 Å². The molecule has 3 nitrogen and oxygen atoms in total. The van der Waals surface area contributed by atoms with Crippen molar-refractivity contribution in [2.75, 3.05) is 6.79 Å². The minimum Gasteiger partial charge on any atom is -0.454 e. The van der Waals surface area contributed by atoms with Crippen molar-refractivity contribution in [3.63, 3.8) is 0 Å². The van der Waals surface area contributed by atoms with E-state index in [0.717, 1.165) is 29.0 Å². The summed E-state index contributed by atoms with van der Waals surface area (Å²) in [5.74, 6) is 1.70. The summed E-state index contributed by atoms with van der Waals surface area (Å²) in [6, 6.07) is 3.97. The van der Waals surface area contributed by atoms with Crippen LogP contribution in [0.25, 0.3) is 0 Å². The first-order valence-electron chi connectivity index (χ1n) is 5.25. The minimum absolute atomic E-state index is 0.316. The highest BCUT2D eigenvalue weighted by Gasteiger charge is 2.25. The molecule has 0 saturated carbocycles. The molecule has 0 spiro atoms. The van der Waals surface area contributed by atoms with Gasteiger partial charge in [0.1, 0.15) is 0 Å². The Morgan fingerprint density at radius 3 is 2.67 bits per heavy atom. The summed E-state index contributed by atoms with van der Waals surface area (Å²) in [4.78, 5) is 0. The van der Waals surface area contributed by atoms with E-state index in [1.54, 1.807) is 0 Å². The molecule has 0 unspecified atom stereocenters. The zero-order valence-corrected chi connectivity index (χ0v) is 9.46. The van der Waals surface area contributed by atoms with Crippen LogP contribution in [-0.4, -0.2) is 6.79 Å². The van der Waals surface area contributed by atoms with E-state index < -0.39 is 0 Å². The molecule has 0 fully saturated rings. The average Bonchev–Trinajstić information content (AvgIpc) is 2.61. The van der Waals surface area contributed by atoms with Gasteiger partial charge in [0.2, 0.25) is 6.79 Å². The molecule has 0 saturated heterocycles. The van der Waals surface area contributed by atoms with Gasteiger partial charge in [0.25, 0.3) is 0 Å². The summed E-state index contributed by atoms with van der Waals surface area (Å²) in [6.45, 7) is 6.43. The number of fused-ring (bicyclic) bond motifs is 1. The number of rotatable bonds is 2. The Kier molecular flexibility index (Phi) is 2.35. The molecule has 2 rings (SSSR count). The summed E-state index contributed by atoms with van der Waals surface area (Å²) >= 11 is 0. The highest BCUT2D eigenvalue weighted by atomic mass is 16.7. The van der Waals surface area contributed by atoms with Gasteiger partial charge in [0.05, 0.1) is 0 Å². The van der Waals surface area contributed by atoms with Crippen LogP contribution >= 0.6 is 0 Å². The second-order valence-corrected chi connectivity index (χ2v) is 4.40.